The minimum Gasteiger partial charge on any atom is -0.459 e. The number of carbonyl (C=O) groups is 2. The zero-order valence-electron chi connectivity index (χ0n) is 16.2. The smallest absolute Gasteiger partial charge is 0.291 e. The summed E-state index contributed by atoms with van der Waals surface area (Å²) in [5.74, 6) is -0.0997. The molecule has 0 saturated carbocycles. The van der Waals surface area contributed by atoms with Gasteiger partial charge in [-0.3, -0.25) is 9.59 Å². The summed E-state index contributed by atoms with van der Waals surface area (Å²) >= 11 is 0. The van der Waals surface area contributed by atoms with Gasteiger partial charge < -0.3 is 19.5 Å². The van der Waals surface area contributed by atoms with Gasteiger partial charge in [0.1, 0.15) is 0 Å². The Morgan fingerprint density at radius 3 is 2.63 bits per heavy atom. The summed E-state index contributed by atoms with van der Waals surface area (Å²) in [6, 6.07) is 8.95. The van der Waals surface area contributed by atoms with Gasteiger partial charge in [-0.25, -0.2) is 0 Å². The van der Waals surface area contributed by atoms with Gasteiger partial charge in [0.2, 0.25) is 0 Å². The van der Waals surface area contributed by atoms with Crippen LogP contribution in [0.25, 0.3) is 0 Å². The molecule has 0 atom stereocenters. The van der Waals surface area contributed by atoms with Crippen LogP contribution in [-0.2, 0) is 0 Å². The van der Waals surface area contributed by atoms with Gasteiger partial charge in [-0.15, -0.1) is 0 Å². The zero-order chi connectivity index (χ0) is 19.4. The molecular weight excluding hydrogens is 342 g/mol. The molecule has 2 heterocycles. The van der Waals surface area contributed by atoms with E-state index in [4.69, 9.17) is 4.42 Å². The van der Waals surface area contributed by atoms with E-state index in [9.17, 15) is 9.59 Å². The summed E-state index contributed by atoms with van der Waals surface area (Å²) in [7, 11) is 1.87. The summed E-state index contributed by atoms with van der Waals surface area (Å²) in [6.07, 6.45) is 3.44. The second kappa shape index (κ2) is 8.39. The molecule has 0 bridgehead atoms. The van der Waals surface area contributed by atoms with E-state index >= 15 is 0 Å². The number of furan rings is 1. The highest BCUT2D eigenvalue weighted by Crippen LogP contribution is 2.22. The molecule has 1 aromatic heterocycles. The van der Waals surface area contributed by atoms with Crippen molar-refractivity contribution in [1.29, 1.82) is 0 Å². The lowest BCUT2D eigenvalue weighted by Crippen LogP contribution is -2.45. The van der Waals surface area contributed by atoms with Crippen molar-refractivity contribution >= 4 is 17.5 Å². The van der Waals surface area contributed by atoms with Crippen LogP contribution in [0.15, 0.2) is 41.0 Å². The van der Waals surface area contributed by atoms with Crippen molar-refractivity contribution in [3.05, 3.63) is 53.5 Å². The Kier molecular flexibility index (Phi) is 5.96. The van der Waals surface area contributed by atoms with Crippen molar-refractivity contribution in [2.45, 2.75) is 32.7 Å². The monoisotopic (exact) mass is 369 g/mol. The van der Waals surface area contributed by atoms with Crippen LogP contribution >= 0.6 is 0 Å². The number of benzene rings is 1. The number of anilines is 1. The van der Waals surface area contributed by atoms with E-state index in [0.717, 1.165) is 38.0 Å². The summed E-state index contributed by atoms with van der Waals surface area (Å²) in [5.41, 5.74) is 2.09. The maximum absolute atomic E-state index is 13.0. The third-order valence-corrected chi connectivity index (χ3v) is 5.35. The molecule has 1 saturated heterocycles. The third-order valence-electron chi connectivity index (χ3n) is 5.35. The van der Waals surface area contributed by atoms with Gasteiger partial charge in [0.15, 0.2) is 5.76 Å². The fourth-order valence-corrected chi connectivity index (χ4v) is 3.47. The second-order valence-electron chi connectivity index (χ2n) is 7.04. The Hall–Kier alpha value is -2.60. The molecule has 1 aliphatic rings. The molecular formula is C21H27N3O3. The van der Waals surface area contributed by atoms with Crippen LogP contribution in [0, 0.1) is 6.92 Å². The molecule has 1 aromatic carbocycles. The molecule has 27 heavy (non-hydrogen) atoms. The molecule has 0 spiro atoms. The Labute approximate surface area is 160 Å². The molecule has 2 amide bonds. The second-order valence-corrected chi connectivity index (χ2v) is 7.04. The molecule has 3 rings (SSSR count). The van der Waals surface area contributed by atoms with Gasteiger partial charge in [-0.05, 0) is 56.1 Å². The van der Waals surface area contributed by atoms with Crippen LogP contribution < -0.4 is 5.32 Å². The van der Waals surface area contributed by atoms with Gasteiger partial charge in [-0.1, -0.05) is 13.0 Å². The first-order valence-corrected chi connectivity index (χ1v) is 9.44. The van der Waals surface area contributed by atoms with Crippen molar-refractivity contribution in [1.82, 2.24) is 9.80 Å². The zero-order valence-corrected chi connectivity index (χ0v) is 16.2. The minimum atomic E-state index is -0.326. The summed E-state index contributed by atoms with van der Waals surface area (Å²) < 4.78 is 5.13. The van der Waals surface area contributed by atoms with Crippen LogP contribution in [0.2, 0.25) is 0 Å². The summed E-state index contributed by atoms with van der Waals surface area (Å²) in [4.78, 5) is 29.4. The predicted molar refractivity (Wildman–Crippen MR) is 105 cm³/mol. The highest BCUT2D eigenvalue weighted by Gasteiger charge is 2.25. The van der Waals surface area contributed by atoms with Crippen LogP contribution in [0.1, 0.15) is 46.2 Å². The number of rotatable bonds is 5. The first-order valence-electron chi connectivity index (χ1n) is 9.44. The van der Waals surface area contributed by atoms with Gasteiger partial charge in [0.25, 0.3) is 11.8 Å². The molecule has 2 aromatic rings. The largest absolute Gasteiger partial charge is 0.459 e. The molecule has 0 aliphatic carbocycles. The standard InChI is InChI=1S/C21H27N3O3/c1-4-24-11-9-17(10-12-24)23(3)21(26)16-8-7-15(2)18(14-16)22-20(25)19-6-5-13-27-19/h5-8,13-14,17H,4,9-12H2,1-3H3,(H,22,25). The minimum absolute atomic E-state index is 0.0153. The first-order chi connectivity index (χ1) is 13.0. The number of aryl methyl sites for hydroxylation is 1. The highest BCUT2D eigenvalue weighted by atomic mass is 16.3. The Bertz CT molecular complexity index is 793. The Morgan fingerprint density at radius 2 is 2.00 bits per heavy atom. The van der Waals surface area contributed by atoms with Gasteiger partial charge >= 0.3 is 0 Å². The molecule has 6 nitrogen and oxygen atoms in total. The maximum atomic E-state index is 13.0. The number of nitrogens with zero attached hydrogens (tertiary/aromatic N) is 2. The van der Waals surface area contributed by atoms with Crippen molar-refractivity contribution in [3.8, 4) is 0 Å². The average Bonchev–Trinajstić information content (AvgIpc) is 3.23. The molecule has 0 radical (unpaired) electrons. The number of hydrogen-bond acceptors (Lipinski definition) is 4. The van der Waals surface area contributed by atoms with E-state index in [0.29, 0.717) is 11.3 Å². The Balaban J connectivity index is 1.71. The SMILES string of the molecule is CCN1CCC(N(C)C(=O)c2ccc(C)c(NC(=O)c3ccco3)c2)CC1. The van der Waals surface area contributed by atoms with E-state index in [1.165, 1.54) is 6.26 Å². The number of hydrogen-bond donors (Lipinski definition) is 1. The maximum Gasteiger partial charge on any atom is 0.291 e. The third kappa shape index (κ3) is 4.39. The van der Waals surface area contributed by atoms with Gasteiger partial charge in [-0.2, -0.15) is 0 Å². The van der Waals surface area contributed by atoms with E-state index < -0.39 is 0 Å². The summed E-state index contributed by atoms with van der Waals surface area (Å²) in [6.45, 7) is 7.17. The molecule has 1 aliphatic heterocycles. The molecule has 1 N–H and O–H groups in total. The fraction of sp³-hybridized carbons (Fsp3) is 0.429. The van der Waals surface area contributed by atoms with Gasteiger partial charge in [0.05, 0.1) is 6.26 Å². The van der Waals surface area contributed by atoms with Crippen molar-refractivity contribution in [2.24, 2.45) is 0 Å². The number of nitrogens with one attached hydrogen (secondary N) is 1. The quantitative estimate of drug-likeness (QED) is 0.877. The molecule has 6 heteroatoms. The van der Waals surface area contributed by atoms with Gasteiger partial charge in [0, 0.05) is 37.4 Å². The molecule has 0 unspecified atom stereocenters. The highest BCUT2D eigenvalue weighted by molar-refractivity contribution is 6.03. The predicted octanol–water partition coefficient (Wildman–Crippen LogP) is 3.40. The Morgan fingerprint density at radius 1 is 1.26 bits per heavy atom. The van der Waals surface area contributed by atoms with Crippen molar-refractivity contribution in [2.75, 3.05) is 32.0 Å². The van der Waals surface area contributed by atoms with E-state index in [1.54, 1.807) is 18.2 Å². The first kappa shape index (κ1) is 19.2. The molecule has 144 valence electrons. The molecule has 1 fully saturated rings. The number of amides is 2. The van der Waals surface area contributed by atoms with E-state index in [1.807, 2.05) is 31.0 Å². The number of likely N-dealkylation sites (tertiary alicyclic amines) is 1. The normalized spacial score (nSPS) is 15.5. The van der Waals surface area contributed by atoms with E-state index in [-0.39, 0.29) is 23.6 Å². The fourth-order valence-electron chi connectivity index (χ4n) is 3.47. The lowest BCUT2D eigenvalue weighted by atomic mass is 10.0. The number of piperidine rings is 1. The average molecular weight is 369 g/mol. The lowest BCUT2D eigenvalue weighted by molar-refractivity contribution is 0.0646. The van der Waals surface area contributed by atoms with Crippen LogP contribution in [0.4, 0.5) is 5.69 Å². The number of carbonyl (C=O) groups excluding carboxylic acids is 2. The topological polar surface area (TPSA) is 65.8 Å². The summed E-state index contributed by atoms with van der Waals surface area (Å²) in [5, 5.41) is 2.83. The lowest BCUT2D eigenvalue weighted by Gasteiger charge is -2.36. The van der Waals surface area contributed by atoms with Crippen LogP contribution in [0.3, 0.4) is 0 Å². The van der Waals surface area contributed by atoms with E-state index in [2.05, 4.69) is 17.1 Å². The van der Waals surface area contributed by atoms with Crippen LogP contribution in [0.5, 0.6) is 0 Å². The van der Waals surface area contributed by atoms with Crippen molar-refractivity contribution < 1.29 is 14.0 Å². The van der Waals surface area contributed by atoms with Crippen LogP contribution in [-0.4, -0.2) is 54.3 Å². The van der Waals surface area contributed by atoms with Crippen molar-refractivity contribution in [3.63, 3.8) is 0 Å².